The summed E-state index contributed by atoms with van der Waals surface area (Å²) in [4.78, 5) is 58.2. The molecule has 0 spiro atoms. The van der Waals surface area contributed by atoms with E-state index < -0.39 is 43.1 Å². The van der Waals surface area contributed by atoms with Crippen LogP contribution in [0.25, 0.3) is 0 Å². The number of carbonyl (C=O) groups is 5. The minimum absolute atomic E-state index is 0.0169. The summed E-state index contributed by atoms with van der Waals surface area (Å²) in [5.41, 5.74) is 2.04. The van der Waals surface area contributed by atoms with Crippen LogP contribution >= 0.6 is 7.37 Å². The Balaban J connectivity index is 1.65. The van der Waals surface area contributed by atoms with E-state index >= 15 is 0 Å². The molecule has 47 heavy (non-hydrogen) atoms. The highest BCUT2D eigenvalue weighted by Crippen LogP contribution is 2.50. The van der Waals surface area contributed by atoms with Crippen molar-refractivity contribution in [3.63, 3.8) is 0 Å². The Labute approximate surface area is 272 Å². The van der Waals surface area contributed by atoms with Crippen molar-refractivity contribution >= 4 is 37.2 Å². The van der Waals surface area contributed by atoms with E-state index in [4.69, 9.17) is 23.5 Å². The van der Waals surface area contributed by atoms with Gasteiger partial charge in [0.2, 0.25) is 7.37 Å². The van der Waals surface area contributed by atoms with Gasteiger partial charge in [0.15, 0.2) is 0 Å². The van der Waals surface area contributed by atoms with E-state index in [0.717, 1.165) is 5.56 Å². The second kappa shape index (κ2) is 17.8. The second-order valence-electron chi connectivity index (χ2n) is 10.7. The molecule has 3 rings (SSSR count). The van der Waals surface area contributed by atoms with Gasteiger partial charge >= 0.3 is 29.8 Å². The lowest BCUT2D eigenvalue weighted by Crippen LogP contribution is -2.21. The standard InChI is InChI=1S/C34H37O12P/c1-23(35)44-30-11-4-26(5-12-30)18-19-47(41,43-21-28-8-15-32(16-9-28)46-25(3)37)22-29(34(39)40)10-17-33(38)42-20-27-6-13-31(14-7-27)45-24(2)36/h4-9,11-16,29H,10,17-22H2,1-3H3,(H,39,40). The SMILES string of the molecule is CC(=O)Oc1ccc(CCP(=O)(CC(CCC(=O)OCc2ccc(OC(C)=O)cc2)C(=O)O)OCc2ccc(OC(C)=O)cc2)cc1. The van der Waals surface area contributed by atoms with Crippen LogP contribution in [0, 0.1) is 5.92 Å². The Bertz CT molecular complexity index is 1510. The van der Waals surface area contributed by atoms with Gasteiger partial charge in [-0.15, -0.1) is 0 Å². The summed E-state index contributed by atoms with van der Waals surface area (Å²) < 4.78 is 40.5. The van der Waals surface area contributed by atoms with Gasteiger partial charge in [0, 0.05) is 39.5 Å². The molecule has 2 atom stereocenters. The normalized spacial score (nSPS) is 12.7. The van der Waals surface area contributed by atoms with Crippen LogP contribution in [-0.2, 0) is 57.4 Å². The monoisotopic (exact) mass is 668 g/mol. The highest BCUT2D eigenvalue weighted by Gasteiger charge is 2.32. The highest BCUT2D eigenvalue weighted by molar-refractivity contribution is 7.59. The van der Waals surface area contributed by atoms with Crippen molar-refractivity contribution in [2.45, 2.75) is 53.2 Å². The fourth-order valence-electron chi connectivity index (χ4n) is 4.39. The van der Waals surface area contributed by atoms with Gasteiger partial charge in [-0.2, -0.15) is 0 Å². The molecule has 3 aromatic carbocycles. The molecular weight excluding hydrogens is 631 g/mol. The van der Waals surface area contributed by atoms with Crippen LogP contribution in [-0.4, -0.2) is 47.3 Å². The molecule has 0 radical (unpaired) electrons. The van der Waals surface area contributed by atoms with Crippen LogP contribution in [0.2, 0.25) is 0 Å². The summed E-state index contributed by atoms with van der Waals surface area (Å²) in [5.74, 6) is -3.37. The molecule has 0 saturated heterocycles. The smallest absolute Gasteiger partial charge is 0.308 e. The van der Waals surface area contributed by atoms with Crippen LogP contribution in [0.4, 0.5) is 0 Å². The van der Waals surface area contributed by atoms with E-state index in [1.54, 1.807) is 72.8 Å². The molecule has 1 N–H and O–H groups in total. The molecule has 0 heterocycles. The Morgan fingerprint density at radius 1 is 0.660 bits per heavy atom. The molecule has 0 amide bonds. The molecule has 3 aromatic rings. The van der Waals surface area contributed by atoms with E-state index in [1.165, 1.54) is 20.8 Å². The van der Waals surface area contributed by atoms with Crippen LogP contribution in [0.3, 0.4) is 0 Å². The van der Waals surface area contributed by atoms with Crippen molar-refractivity contribution in [2.24, 2.45) is 5.92 Å². The Morgan fingerprint density at radius 2 is 1.09 bits per heavy atom. The number of aryl methyl sites for hydroxylation is 1. The first-order valence-electron chi connectivity index (χ1n) is 14.7. The highest BCUT2D eigenvalue weighted by atomic mass is 31.2. The van der Waals surface area contributed by atoms with E-state index in [0.29, 0.717) is 28.4 Å². The molecule has 0 aliphatic rings. The fraction of sp³-hybridized carbons (Fsp3) is 0.324. The van der Waals surface area contributed by atoms with Gasteiger partial charge in [-0.1, -0.05) is 36.4 Å². The molecule has 0 aromatic heterocycles. The molecule has 0 fully saturated rings. The summed E-state index contributed by atoms with van der Waals surface area (Å²) in [6, 6.07) is 19.4. The predicted octanol–water partition coefficient (Wildman–Crippen LogP) is 5.72. The number of aliphatic carboxylic acids is 1. The summed E-state index contributed by atoms with van der Waals surface area (Å²) in [5, 5.41) is 9.97. The van der Waals surface area contributed by atoms with E-state index in [2.05, 4.69) is 0 Å². The molecule has 13 heteroatoms. The number of carboxylic acids is 1. The fourth-order valence-corrected chi connectivity index (χ4v) is 6.80. The number of hydrogen-bond donors (Lipinski definition) is 1. The third-order valence-electron chi connectivity index (χ3n) is 6.71. The van der Waals surface area contributed by atoms with Crippen LogP contribution in [0.15, 0.2) is 72.8 Å². The summed E-state index contributed by atoms with van der Waals surface area (Å²) >= 11 is 0. The first-order valence-corrected chi connectivity index (χ1v) is 16.7. The Kier molecular flexibility index (Phi) is 13.9. The maximum atomic E-state index is 14.2. The molecule has 12 nitrogen and oxygen atoms in total. The lowest BCUT2D eigenvalue weighted by molar-refractivity contribution is -0.146. The van der Waals surface area contributed by atoms with Crippen LogP contribution < -0.4 is 14.2 Å². The minimum atomic E-state index is -3.61. The second-order valence-corrected chi connectivity index (χ2v) is 13.4. The minimum Gasteiger partial charge on any atom is -0.481 e. The Hall–Kier alpha value is -4.80. The zero-order valence-corrected chi connectivity index (χ0v) is 27.2. The van der Waals surface area contributed by atoms with Crippen molar-refractivity contribution in [1.82, 2.24) is 0 Å². The molecule has 250 valence electrons. The number of ether oxygens (including phenoxy) is 4. The van der Waals surface area contributed by atoms with Crippen LogP contribution in [0.1, 0.15) is 50.3 Å². The molecular formula is C34H37O12P. The van der Waals surface area contributed by atoms with E-state index in [-0.39, 0.29) is 44.8 Å². The maximum Gasteiger partial charge on any atom is 0.308 e. The number of carbonyl (C=O) groups excluding carboxylic acids is 4. The third kappa shape index (κ3) is 13.6. The van der Waals surface area contributed by atoms with Crippen molar-refractivity contribution in [2.75, 3.05) is 12.3 Å². The molecule has 0 saturated carbocycles. The van der Waals surface area contributed by atoms with Gasteiger partial charge < -0.3 is 28.6 Å². The largest absolute Gasteiger partial charge is 0.481 e. The Morgan fingerprint density at radius 3 is 1.51 bits per heavy atom. The first kappa shape index (κ1) is 36.7. The van der Waals surface area contributed by atoms with Gasteiger partial charge in [0.25, 0.3) is 0 Å². The number of carboxylic acid groups (broad SMARTS) is 1. The molecule has 0 aliphatic carbocycles. The maximum absolute atomic E-state index is 14.2. The van der Waals surface area contributed by atoms with Crippen molar-refractivity contribution in [3.8, 4) is 17.2 Å². The zero-order chi connectivity index (χ0) is 34.4. The van der Waals surface area contributed by atoms with Gasteiger partial charge in [-0.3, -0.25) is 28.5 Å². The van der Waals surface area contributed by atoms with Crippen molar-refractivity contribution in [3.05, 3.63) is 89.5 Å². The average Bonchev–Trinajstić information content (AvgIpc) is 3.01. The number of hydrogen-bond acceptors (Lipinski definition) is 11. The lowest BCUT2D eigenvalue weighted by atomic mass is 10.1. The number of esters is 4. The van der Waals surface area contributed by atoms with Crippen molar-refractivity contribution < 1.29 is 57.1 Å². The predicted molar refractivity (Wildman–Crippen MR) is 169 cm³/mol. The number of benzene rings is 3. The lowest BCUT2D eigenvalue weighted by Gasteiger charge is -2.22. The zero-order valence-electron chi connectivity index (χ0n) is 26.3. The summed E-state index contributed by atoms with van der Waals surface area (Å²) in [7, 11) is -3.61. The van der Waals surface area contributed by atoms with Crippen LogP contribution in [0.5, 0.6) is 17.2 Å². The van der Waals surface area contributed by atoms with Gasteiger partial charge in [0.05, 0.1) is 12.5 Å². The van der Waals surface area contributed by atoms with Gasteiger partial charge in [-0.25, -0.2) is 0 Å². The average molecular weight is 669 g/mol. The van der Waals surface area contributed by atoms with Crippen molar-refractivity contribution in [1.29, 1.82) is 0 Å². The van der Waals surface area contributed by atoms with E-state index in [1.807, 2.05) is 0 Å². The molecule has 2 unspecified atom stereocenters. The quantitative estimate of drug-likeness (QED) is 0.106. The third-order valence-corrected chi connectivity index (χ3v) is 9.21. The van der Waals surface area contributed by atoms with E-state index in [9.17, 15) is 33.6 Å². The number of rotatable bonds is 17. The first-order chi connectivity index (χ1) is 22.3. The summed E-state index contributed by atoms with van der Waals surface area (Å²) in [6.07, 6.45) is -0.361. The summed E-state index contributed by atoms with van der Waals surface area (Å²) in [6.45, 7) is 3.70. The molecule has 0 bridgehead atoms. The molecule has 0 aliphatic heterocycles. The topological polar surface area (TPSA) is 169 Å². The van der Waals surface area contributed by atoms with Gasteiger partial charge in [-0.05, 0) is 65.9 Å². The van der Waals surface area contributed by atoms with Gasteiger partial charge in [0.1, 0.15) is 23.9 Å².